The molecule has 0 bridgehead atoms. The first-order chi connectivity index (χ1) is 14.8. The summed E-state index contributed by atoms with van der Waals surface area (Å²) in [7, 11) is 3.29. The number of methoxy groups -OCH3 is 2. The minimum atomic E-state index is 0.365. The van der Waals surface area contributed by atoms with Crippen molar-refractivity contribution in [2.75, 3.05) is 20.8 Å². The molecule has 0 saturated heterocycles. The normalized spacial score (nSPS) is 10.7. The van der Waals surface area contributed by atoms with Crippen molar-refractivity contribution in [1.29, 1.82) is 0 Å². The minimum absolute atomic E-state index is 0.365. The fourth-order valence-corrected chi connectivity index (χ4v) is 3.23. The summed E-state index contributed by atoms with van der Waals surface area (Å²) in [5.74, 6) is 4.02. The number of aromatic nitrogens is 2. The lowest BCUT2D eigenvalue weighted by atomic mass is 10.3. The molecule has 30 heavy (non-hydrogen) atoms. The second-order valence-electron chi connectivity index (χ2n) is 6.66. The van der Waals surface area contributed by atoms with Gasteiger partial charge >= 0.3 is 0 Å². The van der Waals surface area contributed by atoms with Crippen molar-refractivity contribution in [3.63, 3.8) is 0 Å². The topological polar surface area (TPSA) is 54.7 Å². The van der Waals surface area contributed by atoms with Gasteiger partial charge in [-0.2, -0.15) is 0 Å². The lowest BCUT2D eigenvalue weighted by Gasteiger charge is -2.12. The Balaban J connectivity index is 1.46. The summed E-state index contributed by atoms with van der Waals surface area (Å²) in [5.41, 5.74) is 2.00. The van der Waals surface area contributed by atoms with Crippen molar-refractivity contribution < 1.29 is 18.9 Å². The van der Waals surface area contributed by atoms with Gasteiger partial charge in [0.15, 0.2) is 0 Å². The molecule has 0 radical (unpaired) electrons. The van der Waals surface area contributed by atoms with E-state index in [2.05, 4.69) is 10.6 Å². The number of fused-ring (bicyclic) bond motifs is 1. The van der Waals surface area contributed by atoms with Crippen LogP contribution in [-0.4, -0.2) is 30.4 Å². The number of para-hydroxylation sites is 2. The number of hydrogen-bond donors (Lipinski definition) is 0. The Morgan fingerprint density at radius 3 is 1.90 bits per heavy atom. The van der Waals surface area contributed by atoms with E-state index in [1.54, 1.807) is 14.2 Å². The van der Waals surface area contributed by atoms with Gasteiger partial charge in [0, 0.05) is 0 Å². The zero-order valence-corrected chi connectivity index (χ0v) is 17.1. The van der Waals surface area contributed by atoms with Gasteiger partial charge in [-0.3, -0.25) is 0 Å². The number of hydrogen-bond acceptors (Lipinski definition) is 5. The molecule has 0 aliphatic heterocycles. The van der Waals surface area contributed by atoms with Crippen molar-refractivity contribution >= 4 is 11.0 Å². The molecular formula is C24H24N2O4. The molecule has 4 aromatic rings. The molecule has 0 amide bonds. The van der Waals surface area contributed by atoms with E-state index in [-0.39, 0.29) is 0 Å². The summed E-state index contributed by atoms with van der Waals surface area (Å²) in [4.78, 5) is 4.75. The van der Waals surface area contributed by atoms with Crippen molar-refractivity contribution in [3.8, 4) is 23.0 Å². The van der Waals surface area contributed by atoms with Crippen LogP contribution in [0.25, 0.3) is 11.0 Å². The largest absolute Gasteiger partial charge is 0.497 e. The summed E-state index contributed by atoms with van der Waals surface area (Å²) >= 11 is 0. The van der Waals surface area contributed by atoms with Crippen LogP contribution in [-0.2, 0) is 13.2 Å². The van der Waals surface area contributed by atoms with Gasteiger partial charge < -0.3 is 23.5 Å². The number of rotatable bonds is 9. The van der Waals surface area contributed by atoms with Crippen LogP contribution in [0, 0.1) is 0 Å². The molecule has 6 heteroatoms. The summed E-state index contributed by atoms with van der Waals surface area (Å²) in [6.45, 7) is 1.54. The van der Waals surface area contributed by atoms with Crippen LogP contribution in [0.3, 0.4) is 0 Å². The van der Waals surface area contributed by atoms with Gasteiger partial charge in [0.2, 0.25) is 0 Å². The Kier molecular flexibility index (Phi) is 6.03. The van der Waals surface area contributed by atoms with E-state index in [1.807, 2.05) is 66.7 Å². The number of imidazole rings is 1. The molecule has 1 aromatic heterocycles. The number of ether oxygens (including phenoxy) is 4. The second kappa shape index (κ2) is 9.22. The first-order valence-electron chi connectivity index (χ1n) is 9.74. The maximum absolute atomic E-state index is 5.96. The molecule has 1 heterocycles. The van der Waals surface area contributed by atoms with Gasteiger partial charge in [-0.25, -0.2) is 4.98 Å². The van der Waals surface area contributed by atoms with E-state index < -0.39 is 0 Å². The standard InChI is InChI=1S/C24H24N2O4/c1-27-18-7-11-20(12-8-18)29-16-15-26-23-6-4-3-5-22(23)25-24(26)17-30-21-13-9-19(28-2)10-14-21/h3-14H,15-17H2,1-2H3. The zero-order valence-electron chi connectivity index (χ0n) is 17.1. The molecule has 0 aliphatic carbocycles. The third-order valence-corrected chi connectivity index (χ3v) is 4.80. The van der Waals surface area contributed by atoms with Gasteiger partial charge in [-0.05, 0) is 60.7 Å². The van der Waals surface area contributed by atoms with Crippen molar-refractivity contribution in [1.82, 2.24) is 9.55 Å². The fraction of sp³-hybridized carbons (Fsp3) is 0.208. The molecule has 0 spiro atoms. The first kappa shape index (κ1) is 19.6. The molecule has 0 N–H and O–H groups in total. The molecule has 0 atom stereocenters. The zero-order chi connectivity index (χ0) is 20.8. The van der Waals surface area contributed by atoms with E-state index in [0.717, 1.165) is 39.9 Å². The van der Waals surface area contributed by atoms with Gasteiger partial charge in [-0.15, -0.1) is 0 Å². The predicted octanol–water partition coefficient (Wildman–Crippen LogP) is 4.71. The molecular weight excluding hydrogens is 380 g/mol. The van der Waals surface area contributed by atoms with E-state index >= 15 is 0 Å². The number of nitrogens with zero attached hydrogens (tertiary/aromatic N) is 2. The van der Waals surface area contributed by atoms with Crippen LogP contribution in [0.4, 0.5) is 0 Å². The highest BCUT2D eigenvalue weighted by Crippen LogP contribution is 2.21. The summed E-state index contributed by atoms with van der Waals surface area (Å²) in [6, 6.07) is 23.2. The molecule has 3 aromatic carbocycles. The molecule has 4 rings (SSSR count). The highest BCUT2D eigenvalue weighted by molar-refractivity contribution is 5.75. The highest BCUT2D eigenvalue weighted by Gasteiger charge is 2.11. The van der Waals surface area contributed by atoms with Crippen LogP contribution in [0.2, 0.25) is 0 Å². The van der Waals surface area contributed by atoms with Crippen LogP contribution in [0.5, 0.6) is 23.0 Å². The van der Waals surface area contributed by atoms with Gasteiger partial charge in [0.05, 0.1) is 31.8 Å². The van der Waals surface area contributed by atoms with E-state index in [0.29, 0.717) is 19.8 Å². The summed E-state index contributed by atoms with van der Waals surface area (Å²) in [6.07, 6.45) is 0. The predicted molar refractivity (Wildman–Crippen MR) is 116 cm³/mol. The molecule has 0 saturated carbocycles. The van der Waals surface area contributed by atoms with Gasteiger partial charge in [-0.1, -0.05) is 12.1 Å². The summed E-state index contributed by atoms with van der Waals surface area (Å²) < 4.78 is 24.4. The summed E-state index contributed by atoms with van der Waals surface area (Å²) in [5, 5.41) is 0. The average molecular weight is 404 g/mol. The van der Waals surface area contributed by atoms with Gasteiger partial charge in [0.1, 0.15) is 42.0 Å². The molecule has 154 valence electrons. The van der Waals surface area contributed by atoms with Crippen LogP contribution in [0.1, 0.15) is 5.82 Å². The lowest BCUT2D eigenvalue weighted by Crippen LogP contribution is -2.13. The minimum Gasteiger partial charge on any atom is -0.497 e. The van der Waals surface area contributed by atoms with Crippen LogP contribution < -0.4 is 18.9 Å². The second-order valence-corrected chi connectivity index (χ2v) is 6.66. The van der Waals surface area contributed by atoms with Gasteiger partial charge in [0.25, 0.3) is 0 Å². The van der Waals surface area contributed by atoms with E-state index in [9.17, 15) is 0 Å². The number of benzene rings is 3. The Labute approximate surface area is 175 Å². The maximum Gasteiger partial charge on any atom is 0.148 e. The van der Waals surface area contributed by atoms with Crippen LogP contribution in [0.15, 0.2) is 72.8 Å². The Bertz CT molecular complexity index is 1090. The van der Waals surface area contributed by atoms with Crippen molar-refractivity contribution in [3.05, 3.63) is 78.6 Å². The maximum atomic E-state index is 5.96. The molecule has 6 nitrogen and oxygen atoms in total. The van der Waals surface area contributed by atoms with Crippen molar-refractivity contribution in [2.24, 2.45) is 0 Å². The Hall–Kier alpha value is -3.67. The monoisotopic (exact) mass is 404 g/mol. The van der Waals surface area contributed by atoms with Crippen LogP contribution >= 0.6 is 0 Å². The quantitative estimate of drug-likeness (QED) is 0.404. The SMILES string of the molecule is COc1ccc(OCCn2c(COc3ccc(OC)cc3)nc3ccccc32)cc1. The molecule has 0 fully saturated rings. The van der Waals surface area contributed by atoms with E-state index in [4.69, 9.17) is 23.9 Å². The highest BCUT2D eigenvalue weighted by atomic mass is 16.5. The fourth-order valence-electron chi connectivity index (χ4n) is 3.23. The smallest absolute Gasteiger partial charge is 0.148 e. The first-order valence-corrected chi connectivity index (χ1v) is 9.74. The third-order valence-electron chi connectivity index (χ3n) is 4.80. The van der Waals surface area contributed by atoms with Crippen molar-refractivity contribution in [2.45, 2.75) is 13.2 Å². The Morgan fingerprint density at radius 1 is 0.700 bits per heavy atom. The Morgan fingerprint density at radius 2 is 1.27 bits per heavy atom. The molecule has 0 aliphatic rings. The van der Waals surface area contributed by atoms with E-state index in [1.165, 1.54) is 0 Å². The lowest BCUT2D eigenvalue weighted by molar-refractivity contribution is 0.272. The third kappa shape index (κ3) is 4.49. The molecule has 0 unspecified atom stereocenters. The average Bonchev–Trinajstić information content (AvgIpc) is 3.16.